The van der Waals surface area contributed by atoms with E-state index in [1.165, 1.54) is 7.11 Å². The zero-order valence-corrected chi connectivity index (χ0v) is 15.9. The van der Waals surface area contributed by atoms with Gasteiger partial charge in [-0.2, -0.15) is 0 Å². The third kappa shape index (κ3) is 4.49. The largest absolute Gasteiger partial charge is 0.493 e. The molecule has 2 aromatic rings. The van der Waals surface area contributed by atoms with Gasteiger partial charge in [-0.1, -0.05) is 12.1 Å². The number of ether oxygens (including phenoxy) is 3. The molecule has 27 heavy (non-hydrogen) atoms. The number of morpholine rings is 1. The normalized spacial score (nSPS) is 16.7. The number of rotatable bonds is 6. The Kier molecular flexibility index (Phi) is 6.13. The number of anilines is 1. The van der Waals surface area contributed by atoms with Crippen molar-refractivity contribution in [3.05, 3.63) is 47.7 Å². The maximum absolute atomic E-state index is 12.5. The second-order valence-corrected chi connectivity index (χ2v) is 6.38. The molecule has 0 bridgehead atoms. The summed E-state index contributed by atoms with van der Waals surface area (Å²) in [6.07, 6.45) is 2.00. The Bertz CT molecular complexity index is 779. The van der Waals surface area contributed by atoms with E-state index in [1.807, 2.05) is 12.1 Å². The van der Waals surface area contributed by atoms with Crippen LogP contribution in [-0.2, 0) is 11.3 Å². The molecule has 7 heteroatoms. The van der Waals surface area contributed by atoms with E-state index in [1.54, 1.807) is 31.5 Å². The summed E-state index contributed by atoms with van der Waals surface area (Å²) in [6.45, 7) is 4.82. The molecule has 0 spiro atoms. The van der Waals surface area contributed by atoms with Crippen molar-refractivity contribution in [2.45, 2.75) is 19.6 Å². The molecule has 144 valence electrons. The lowest BCUT2D eigenvalue weighted by Crippen LogP contribution is -2.41. The van der Waals surface area contributed by atoms with Gasteiger partial charge in [0.2, 0.25) is 0 Å². The molecule has 1 amide bonds. The van der Waals surface area contributed by atoms with Crippen LogP contribution in [0.5, 0.6) is 11.5 Å². The highest BCUT2D eigenvalue weighted by Gasteiger charge is 2.18. The zero-order chi connectivity index (χ0) is 19.2. The first-order chi connectivity index (χ1) is 13.1. The summed E-state index contributed by atoms with van der Waals surface area (Å²) in [5.41, 5.74) is 1.36. The highest BCUT2D eigenvalue weighted by Crippen LogP contribution is 2.30. The van der Waals surface area contributed by atoms with Crippen LogP contribution in [0, 0.1) is 0 Å². The molecule has 0 radical (unpaired) electrons. The number of nitrogens with zero attached hydrogens (tertiary/aromatic N) is 2. The van der Waals surface area contributed by atoms with E-state index < -0.39 is 0 Å². The molecule has 3 rings (SSSR count). The third-order valence-electron chi connectivity index (χ3n) is 4.47. The lowest BCUT2D eigenvalue weighted by molar-refractivity contribution is 0.0529. The summed E-state index contributed by atoms with van der Waals surface area (Å²) in [6, 6.07) is 9.18. The van der Waals surface area contributed by atoms with Gasteiger partial charge in [-0.15, -0.1) is 0 Å². The molecule has 1 unspecified atom stereocenters. The second-order valence-electron chi connectivity index (χ2n) is 6.38. The smallest absolute Gasteiger partial charge is 0.255 e. The van der Waals surface area contributed by atoms with Gasteiger partial charge < -0.3 is 24.4 Å². The predicted molar refractivity (Wildman–Crippen MR) is 103 cm³/mol. The van der Waals surface area contributed by atoms with Crippen LogP contribution in [0.2, 0.25) is 0 Å². The number of carbonyl (C=O) groups is 1. The van der Waals surface area contributed by atoms with E-state index >= 15 is 0 Å². The highest BCUT2D eigenvalue weighted by molar-refractivity contribution is 5.97. The zero-order valence-electron chi connectivity index (χ0n) is 15.9. The number of pyridine rings is 1. The number of amides is 1. The van der Waals surface area contributed by atoms with Crippen molar-refractivity contribution in [1.29, 1.82) is 0 Å². The quantitative estimate of drug-likeness (QED) is 0.840. The van der Waals surface area contributed by atoms with Crippen molar-refractivity contribution in [2.75, 3.05) is 38.8 Å². The number of para-hydroxylation sites is 1. The van der Waals surface area contributed by atoms with Gasteiger partial charge in [0.15, 0.2) is 11.5 Å². The average Bonchev–Trinajstić information content (AvgIpc) is 2.71. The lowest BCUT2D eigenvalue weighted by Gasteiger charge is -2.32. The summed E-state index contributed by atoms with van der Waals surface area (Å²) >= 11 is 0. The molecule has 7 nitrogen and oxygen atoms in total. The fourth-order valence-corrected chi connectivity index (χ4v) is 3.08. The van der Waals surface area contributed by atoms with Gasteiger partial charge in [0.25, 0.3) is 5.91 Å². The standard InChI is InChI=1S/C20H25N3O4/c1-14-13-23(9-10-27-14)18-8-7-15(11-21-18)12-22-20(24)16-5-4-6-17(25-2)19(16)26-3/h4-8,11,14H,9-10,12-13H2,1-3H3,(H,22,24). The number of carbonyl (C=O) groups excluding carboxylic acids is 1. The van der Waals surface area contributed by atoms with Gasteiger partial charge in [-0.3, -0.25) is 4.79 Å². The van der Waals surface area contributed by atoms with Crippen LogP contribution >= 0.6 is 0 Å². The Hall–Kier alpha value is -2.80. The van der Waals surface area contributed by atoms with Crippen LogP contribution in [0.25, 0.3) is 0 Å². The maximum atomic E-state index is 12.5. The SMILES string of the molecule is COc1cccc(C(=O)NCc2ccc(N3CCOC(C)C3)nc2)c1OC. The molecule has 2 heterocycles. The van der Waals surface area contributed by atoms with Crippen LogP contribution in [0.15, 0.2) is 36.5 Å². The first-order valence-electron chi connectivity index (χ1n) is 8.93. The van der Waals surface area contributed by atoms with Crippen molar-refractivity contribution >= 4 is 11.7 Å². The Balaban J connectivity index is 1.62. The van der Waals surface area contributed by atoms with Crippen molar-refractivity contribution in [3.63, 3.8) is 0 Å². The van der Waals surface area contributed by atoms with Crippen LogP contribution in [0.1, 0.15) is 22.8 Å². The Morgan fingerprint density at radius 2 is 2.15 bits per heavy atom. The van der Waals surface area contributed by atoms with Crippen molar-refractivity contribution < 1.29 is 19.0 Å². The van der Waals surface area contributed by atoms with Crippen molar-refractivity contribution in [2.24, 2.45) is 0 Å². The summed E-state index contributed by atoms with van der Waals surface area (Å²) < 4.78 is 16.1. The topological polar surface area (TPSA) is 72.9 Å². The molecule has 1 aromatic carbocycles. The fourth-order valence-electron chi connectivity index (χ4n) is 3.08. The van der Waals surface area contributed by atoms with Crippen LogP contribution in [-0.4, -0.2) is 50.9 Å². The lowest BCUT2D eigenvalue weighted by atomic mass is 10.1. The summed E-state index contributed by atoms with van der Waals surface area (Å²) in [5, 5.41) is 2.90. The molecule has 0 aliphatic carbocycles. The number of nitrogens with one attached hydrogen (secondary N) is 1. The van der Waals surface area contributed by atoms with E-state index in [2.05, 4.69) is 22.1 Å². The molecule has 1 aromatic heterocycles. The van der Waals surface area contributed by atoms with Gasteiger partial charge in [0.1, 0.15) is 5.82 Å². The predicted octanol–water partition coefficient (Wildman–Crippen LogP) is 2.25. The molecule has 1 N–H and O–H groups in total. The summed E-state index contributed by atoms with van der Waals surface area (Å²) in [7, 11) is 3.06. The number of benzene rings is 1. The Morgan fingerprint density at radius 3 is 2.81 bits per heavy atom. The van der Waals surface area contributed by atoms with Gasteiger partial charge in [-0.05, 0) is 30.7 Å². The Labute approximate surface area is 159 Å². The molecule has 1 aliphatic heterocycles. The average molecular weight is 371 g/mol. The third-order valence-corrected chi connectivity index (χ3v) is 4.47. The molecule has 1 atom stereocenters. The van der Waals surface area contributed by atoms with E-state index in [-0.39, 0.29) is 12.0 Å². The van der Waals surface area contributed by atoms with Gasteiger partial charge in [0, 0.05) is 25.8 Å². The summed E-state index contributed by atoms with van der Waals surface area (Å²) in [5.74, 6) is 1.65. The number of methoxy groups -OCH3 is 2. The second kappa shape index (κ2) is 8.73. The van der Waals surface area contributed by atoms with Gasteiger partial charge >= 0.3 is 0 Å². The van der Waals surface area contributed by atoms with Crippen molar-refractivity contribution in [1.82, 2.24) is 10.3 Å². The molecule has 0 saturated carbocycles. The van der Waals surface area contributed by atoms with Gasteiger partial charge in [0.05, 0.1) is 32.5 Å². The minimum Gasteiger partial charge on any atom is -0.493 e. The van der Waals surface area contributed by atoms with Crippen molar-refractivity contribution in [3.8, 4) is 11.5 Å². The number of hydrogen-bond donors (Lipinski definition) is 1. The van der Waals surface area contributed by atoms with Crippen LogP contribution in [0.4, 0.5) is 5.82 Å². The first kappa shape index (κ1) is 19.0. The van der Waals surface area contributed by atoms with Crippen LogP contribution < -0.4 is 19.7 Å². The molecule has 1 saturated heterocycles. The van der Waals surface area contributed by atoms with E-state index in [0.717, 1.165) is 24.5 Å². The molecular formula is C20H25N3O4. The number of hydrogen-bond acceptors (Lipinski definition) is 6. The minimum atomic E-state index is -0.225. The maximum Gasteiger partial charge on any atom is 0.255 e. The summed E-state index contributed by atoms with van der Waals surface area (Å²) in [4.78, 5) is 19.3. The highest BCUT2D eigenvalue weighted by atomic mass is 16.5. The fraction of sp³-hybridized carbons (Fsp3) is 0.400. The molecule has 1 fully saturated rings. The monoisotopic (exact) mass is 371 g/mol. The number of aromatic nitrogens is 1. The van der Waals surface area contributed by atoms with E-state index in [9.17, 15) is 4.79 Å². The van der Waals surface area contributed by atoms with Crippen LogP contribution in [0.3, 0.4) is 0 Å². The minimum absolute atomic E-state index is 0.206. The molecule has 1 aliphatic rings. The van der Waals surface area contributed by atoms with E-state index in [4.69, 9.17) is 14.2 Å². The first-order valence-corrected chi connectivity index (χ1v) is 8.93. The van der Waals surface area contributed by atoms with E-state index in [0.29, 0.717) is 30.2 Å². The Morgan fingerprint density at radius 1 is 1.30 bits per heavy atom. The molecular weight excluding hydrogens is 346 g/mol. The van der Waals surface area contributed by atoms with Gasteiger partial charge in [-0.25, -0.2) is 4.98 Å².